The first kappa shape index (κ1) is 34.3. The third-order valence-corrected chi connectivity index (χ3v) is 6.19. The summed E-state index contributed by atoms with van der Waals surface area (Å²) in [5.74, 6) is 1.14. The van der Waals surface area contributed by atoms with E-state index in [1.165, 1.54) is 0 Å². The molecule has 45 heavy (non-hydrogen) atoms. The highest BCUT2D eigenvalue weighted by Crippen LogP contribution is 2.38. The molecule has 0 fully saturated rings. The second kappa shape index (κ2) is 20.5. The Morgan fingerprint density at radius 1 is 0.556 bits per heavy atom. The number of carbonyl (C=O) groups excluding carboxylic acids is 1. The van der Waals surface area contributed by atoms with E-state index in [4.69, 9.17) is 52.1 Å². The Kier molecular flexibility index (Phi) is 15.6. The van der Waals surface area contributed by atoms with E-state index in [9.17, 15) is 4.79 Å². The zero-order valence-electron chi connectivity index (χ0n) is 25.7. The van der Waals surface area contributed by atoms with E-state index in [0.717, 1.165) is 0 Å². The molecular weight excluding hydrogens is 592 g/mol. The Labute approximate surface area is 262 Å². The van der Waals surface area contributed by atoms with Crippen LogP contribution in [0.5, 0.6) is 23.0 Å². The van der Waals surface area contributed by atoms with Crippen molar-refractivity contribution in [2.75, 3.05) is 112 Å². The standard InChI is InChI=1S/C31H42N2O12/c1-2-41-31(34)25-22-29-30(45-20-16-40-12-8-36-7-11-39-15-19-44-29)23-26(25)33-32-24-3-4-27-28(21-24)43-18-14-38-10-6-35-5-9-37-13-17-42-27/h3-4,21-23H,2,5-20H2,1H3. The fraction of sp³-hybridized carbons (Fsp3) is 0.581. The summed E-state index contributed by atoms with van der Waals surface area (Å²) < 4.78 is 62.1. The van der Waals surface area contributed by atoms with Crippen molar-refractivity contribution < 1.29 is 56.9 Å². The highest BCUT2D eigenvalue weighted by molar-refractivity contribution is 5.96. The quantitative estimate of drug-likeness (QED) is 0.355. The molecule has 2 aromatic carbocycles. The van der Waals surface area contributed by atoms with Gasteiger partial charge in [-0.15, -0.1) is 5.11 Å². The molecule has 14 heteroatoms. The minimum atomic E-state index is -0.574. The van der Waals surface area contributed by atoms with Gasteiger partial charge in [0.25, 0.3) is 0 Å². The van der Waals surface area contributed by atoms with Crippen molar-refractivity contribution in [3.8, 4) is 23.0 Å². The summed E-state index contributed by atoms with van der Waals surface area (Å²) in [5, 5.41) is 8.80. The van der Waals surface area contributed by atoms with Gasteiger partial charge in [0.15, 0.2) is 23.0 Å². The maximum Gasteiger partial charge on any atom is 0.340 e. The largest absolute Gasteiger partial charge is 0.487 e. The monoisotopic (exact) mass is 634 g/mol. The van der Waals surface area contributed by atoms with Gasteiger partial charge in [-0.05, 0) is 19.1 Å². The molecule has 0 saturated heterocycles. The number of hydrogen-bond donors (Lipinski definition) is 0. The van der Waals surface area contributed by atoms with Gasteiger partial charge in [-0.25, -0.2) is 4.79 Å². The number of fused-ring (bicyclic) bond motifs is 2. The number of hydrogen-bond acceptors (Lipinski definition) is 14. The lowest BCUT2D eigenvalue weighted by atomic mass is 10.1. The molecule has 0 aromatic heterocycles. The number of nitrogens with zero attached hydrogens (tertiary/aromatic N) is 2. The van der Waals surface area contributed by atoms with Crippen molar-refractivity contribution >= 4 is 17.3 Å². The molecule has 2 aliphatic heterocycles. The van der Waals surface area contributed by atoms with Crippen LogP contribution in [0.2, 0.25) is 0 Å². The number of esters is 1. The van der Waals surface area contributed by atoms with Gasteiger partial charge in [0.1, 0.15) is 32.1 Å². The van der Waals surface area contributed by atoms with Crippen molar-refractivity contribution in [3.63, 3.8) is 0 Å². The van der Waals surface area contributed by atoms with Crippen molar-refractivity contribution in [1.29, 1.82) is 0 Å². The lowest BCUT2D eigenvalue weighted by molar-refractivity contribution is 0.00708. The lowest BCUT2D eigenvalue weighted by Crippen LogP contribution is -2.13. The number of azo groups is 1. The zero-order chi connectivity index (χ0) is 31.4. The SMILES string of the molecule is CCOC(=O)c1cc2c(cc1N=Nc1ccc3c(c1)OCCOCCOCCOCCO3)OCCOCCOCCOCCO2. The van der Waals surface area contributed by atoms with E-state index in [0.29, 0.717) is 121 Å². The van der Waals surface area contributed by atoms with Crippen LogP contribution in [0.15, 0.2) is 40.6 Å². The average molecular weight is 635 g/mol. The molecule has 4 rings (SSSR count). The Morgan fingerprint density at radius 3 is 1.47 bits per heavy atom. The first-order valence-corrected chi connectivity index (χ1v) is 15.1. The second-order valence-corrected chi connectivity index (χ2v) is 9.44. The molecule has 0 N–H and O–H groups in total. The smallest absolute Gasteiger partial charge is 0.340 e. The van der Waals surface area contributed by atoms with Gasteiger partial charge in [0, 0.05) is 18.2 Å². The van der Waals surface area contributed by atoms with Crippen LogP contribution in [-0.4, -0.2) is 118 Å². The molecule has 0 radical (unpaired) electrons. The first-order valence-electron chi connectivity index (χ1n) is 15.1. The molecule has 0 bridgehead atoms. The molecule has 0 spiro atoms. The van der Waals surface area contributed by atoms with Crippen LogP contribution in [0.1, 0.15) is 17.3 Å². The summed E-state index contributed by atoms with van der Waals surface area (Å²) in [4.78, 5) is 13.0. The van der Waals surface area contributed by atoms with Crippen LogP contribution in [0, 0.1) is 0 Å². The highest BCUT2D eigenvalue weighted by Gasteiger charge is 2.20. The second-order valence-electron chi connectivity index (χ2n) is 9.44. The van der Waals surface area contributed by atoms with Crippen molar-refractivity contribution in [2.45, 2.75) is 6.92 Å². The normalized spacial score (nSPS) is 18.5. The first-order chi connectivity index (χ1) is 22.2. The highest BCUT2D eigenvalue weighted by atomic mass is 16.6. The van der Waals surface area contributed by atoms with Crippen LogP contribution >= 0.6 is 0 Å². The Hall–Kier alpha value is -3.53. The summed E-state index contributed by atoms with van der Waals surface area (Å²) in [6, 6.07) is 8.31. The summed E-state index contributed by atoms with van der Waals surface area (Å²) in [5.41, 5.74) is 0.874. The van der Waals surface area contributed by atoms with E-state index in [2.05, 4.69) is 10.2 Å². The van der Waals surface area contributed by atoms with Gasteiger partial charge in [-0.1, -0.05) is 0 Å². The molecule has 0 atom stereocenters. The Balaban J connectivity index is 1.56. The molecule has 0 amide bonds. The molecule has 248 valence electrons. The van der Waals surface area contributed by atoms with Gasteiger partial charge >= 0.3 is 5.97 Å². The van der Waals surface area contributed by atoms with E-state index in [1.54, 1.807) is 37.3 Å². The lowest BCUT2D eigenvalue weighted by Gasteiger charge is -2.15. The third-order valence-electron chi connectivity index (χ3n) is 6.19. The number of benzene rings is 2. The predicted octanol–water partition coefficient (Wildman–Crippen LogP) is 3.92. The fourth-order valence-corrected chi connectivity index (χ4v) is 4.06. The van der Waals surface area contributed by atoms with E-state index in [1.807, 2.05) is 0 Å². The summed E-state index contributed by atoms with van der Waals surface area (Å²) in [6.45, 7) is 8.11. The molecule has 0 unspecified atom stereocenters. The van der Waals surface area contributed by atoms with E-state index >= 15 is 0 Å². The van der Waals surface area contributed by atoms with Crippen LogP contribution in [0.3, 0.4) is 0 Å². The summed E-state index contributed by atoms with van der Waals surface area (Å²) >= 11 is 0. The van der Waals surface area contributed by atoms with Crippen molar-refractivity contribution in [2.24, 2.45) is 10.2 Å². The number of carbonyl (C=O) groups is 1. The molecule has 2 aliphatic rings. The van der Waals surface area contributed by atoms with E-state index < -0.39 is 5.97 Å². The molecule has 2 aromatic rings. The third kappa shape index (κ3) is 12.4. The molecule has 2 heterocycles. The Bertz CT molecular complexity index is 1200. The molecule has 14 nitrogen and oxygen atoms in total. The molecule has 0 aliphatic carbocycles. The summed E-state index contributed by atoms with van der Waals surface area (Å²) in [7, 11) is 0. The van der Waals surface area contributed by atoms with Gasteiger partial charge in [-0.3, -0.25) is 0 Å². The predicted molar refractivity (Wildman–Crippen MR) is 160 cm³/mol. The van der Waals surface area contributed by atoms with Gasteiger partial charge in [0.05, 0.1) is 97.1 Å². The van der Waals surface area contributed by atoms with Crippen LogP contribution < -0.4 is 18.9 Å². The Morgan fingerprint density at radius 2 is 0.978 bits per heavy atom. The van der Waals surface area contributed by atoms with Crippen LogP contribution in [0.25, 0.3) is 0 Å². The molecule has 0 saturated carbocycles. The zero-order valence-corrected chi connectivity index (χ0v) is 25.7. The fourth-order valence-electron chi connectivity index (χ4n) is 4.06. The maximum atomic E-state index is 13.0. The number of rotatable bonds is 4. The van der Waals surface area contributed by atoms with E-state index in [-0.39, 0.29) is 31.1 Å². The minimum absolute atomic E-state index is 0.168. The van der Waals surface area contributed by atoms with Gasteiger partial charge in [0.2, 0.25) is 0 Å². The maximum absolute atomic E-state index is 13.0. The van der Waals surface area contributed by atoms with Crippen LogP contribution in [-0.2, 0) is 33.2 Å². The van der Waals surface area contributed by atoms with Crippen molar-refractivity contribution in [1.82, 2.24) is 0 Å². The van der Waals surface area contributed by atoms with Gasteiger partial charge in [-0.2, -0.15) is 5.11 Å². The van der Waals surface area contributed by atoms with Crippen molar-refractivity contribution in [3.05, 3.63) is 35.9 Å². The topological polar surface area (TPSA) is 143 Å². The average Bonchev–Trinajstić information content (AvgIpc) is 3.06. The summed E-state index contributed by atoms with van der Waals surface area (Å²) in [6.07, 6.45) is 0. The minimum Gasteiger partial charge on any atom is -0.487 e. The number of ether oxygens (including phenoxy) is 11. The van der Waals surface area contributed by atoms with Gasteiger partial charge < -0.3 is 52.1 Å². The molecular formula is C31H42N2O12. The van der Waals surface area contributed by atoms with Crippen LogP contribution in [0.4, 0.5) is 11.4 Å².